The number of piperidine rings is 3. The molecule has 2 bridgehead atoms. The number of nitrogens with one attached hydrogen (secondary N) is 2. The number of nitrogens with zero attached hydrogens (tertiary/aromatic N) is 1. The quantitative estimate of drug-likeness (QED) is 0.810. The van der Waals surface area contributed by atoms with Crippen LogP contribution in [0.5, 0.6) is 5.75 Å². The van der Waals surface area contributed by atoms with Crippen molar-refractivity contribution in [1.82, 2.24) is 10.2 Å². The van der Waals surface area contributed by atoms with Crippen LogP contribution in [-0.2, 0) is 0 Å². The normalized spacial score (nSPS) is 29.1. The summed E-state index contributed by atoms with van der Waals surface area (Å²) in [6.45, 7) is 5.79. The molecule has 3 fully saturated rings. The van der Waals surface area contributed by atoms with E-state index in [1.807, 2.05) is 24.3 Å². The molecule has 0 radical (unpaired) electrons. The molecule has 1 aromatic rings. The Morgan fingerprint density at radius 2 is 2.13 bits per heavy atom. The summed E-state index contributed by atoms with van der Waals surface area (Å²) in [5.74, 6) is 2.68. The summed E-state index contributed by atoms with van der Waals surface area (Å²) >= 11 is 5.43. The van der Waals surface area contributed by atoms with E-state index < -0.39 is 0 Å². The molecule has 4 unspecified atom stereocenters. The number of anilines is 1. The third-order valence-electron chi connectivity index (χ3n) is 5.38. The first-order chi connectivity index (χ1) is 11.2. The number of hydrogen-bond donors (Lipinski definition) is 2. The van der Waals surface area contributed by atoms with Gasteiger partial charge in [0.25, 0.3) is 0 Å². The van der Waals surface area contributed by atoms with Gasteiger partial charge < -0.3 is 15.4 Å². The first-order valence-electron chi connectivity index (χ1n) is 8.62. The molecular formula is C18H27N3OS. The van der Waals surface area contributed by atoms with E-state index in [0.29, 0.717) is 11.2 Å². The molecule has 0 aliphatic carbocycles. The predicted octanol–water partition coefficient (Wildman–Crippen LogP) is 3.10. The van der Waals surface area contributed by atoms with Crippen LogP contribution >= 0.6 is 12.2 Å². The van der Waals surface area contributed by atoms with E-state index in [4.69, 9.17) is 17.0 Å². The highest BCUT2D eigenvalue weighted by Gasteiger charge is 2.38. The number of ether oxygens (including phenoxy) is 1. The molecule has 0 amide bonds. The Morgan fingerprint density at radius 3 is 2.74 bits per heavy atom. The molecule has 0 aromatic heterocycles. The summed E-state index contributed by atoms with van der Waals surface area (Å²) < 4.78 is 5.17. The van der Waals surface area contributed by atoms with Crippen LogP contribution in [0.15, 0.2) is 24.3 Å². The average Bonchev–Trinajstić information content (AvgIpc) is 2.61. The molecule has 2 N–H and O–H groups in total. The second-order valence-electron chi connectivity index (χ2n) is 6.67. The SMILES string of the molecule is CCC1CN2CCC1CC2CNC(=S)Nc1ccc(OC)cc1. The molecule has 4 rings (SSSR count). The van der Waals surface area contributed by atoms with E-state index in [0.717, 1.165) is 29.8 Å². The Balaban J connectivity index is 1.46. The Labute approximate surface area is 144 Å². The fourth-order valence-corrected chi connectivity index (χ4v) is 4.19. The Kier molecular flexibility index (Phi) is 5.38. The van der Waals surface area contributed by atoms with Crippen LogP contribution in [0.3, 0.4) is 0 Å². The zero-order chi connectivity index (χ0) is 16.2. The highest BCUT2D eigenvalue weighted by molar-refractivity contribution is 7.80. The van der Waals surface area contributed by atoms with Crippen molar-refractivity contribution in [3.63, 3.8) is 0 Å². The van der Waals surface area contributed by atoms with E-state index in [1.165, 1.54) is 32.4 Å². The van der Waals surface area contributed by atoms with Gasteiger partial charge in [-0.25, -0.2) is 0 Å². The number of rotatable bonds is 5. The Hall–Kier alpha value is -1.33. The molecule has 126 valence electrons. The van der Waals surface area contributed by atoms with E-state index in [-0.39, 0.29) is 0 Å². The van der Waals surface area contributed by atoms with E-state index >= 15 is 0 Å². The number of thiocarbonyl (C=S) groups is 1. The molecule has 4 nitrogen and oxygen atoms in total. The van der Waals surface area contributed by atoms with Gasteiger partial charge in [-0.05, 0) is 67.7 Å². The topological polar surface area (TPSA) is 36.5 Å². The third-order valence-corrected chi connectivity index (χ3v) is 5.63. The van der Waals surface area contributed by atoms with Gasteiger partial charge in [0.05, 0.1) is 7.11 Å². The van der Waals surface area contributed by atoms with Gasteiger partial charge in [0.1, 0.15) is 5.75 Å². The van der Waals surface area contributed by atoms with E-state index in [2.05, 4.69) is 22.5 Å². The molecule has 23 heavy (non-hydrogen) atoms. The first kappa shape index (κ1) is 16.5. The largest absolute Gasteiger partial charge is 0.497 e. The monoisotopic (exact) mass is 333 g/mol. The van der Waals surface area contributed by atoms with Crippen LogP contribution in [0.2, 0.25) is 0 Å². The molecule has 0 saturated carbocycles. The summed E-state index contributed by atoms with van der Waals surface area (Å²) in [6, 6.07) is 8.45. The van der Waals surface area contributed by atoms with Crippen molar-refractivity contribution < 1.29 is 4.74 Å². The van der Waals surface area contributed by atoms with Crippen molar-refractivity contribution in [2.75, 3.05) is 32.1 Å². The van der Waals surface area contributed by atoms with Gasteiger partial charge in [-0.1, -0.05) is 13.3 Å². The van der Waals surface area contributed by atoms with E-state index in [1.54, 1.807) is 7.11 Å². The zero-order valence-electron chi connectivity index (χ0n) is 14.0. The van der Waals surface area contributed by atoms with Gasteiger partial charge in [-0.2, -0.15) is 0 Å². The molecule has 3 aliphatic rings. The lowest BCUT2D eigenvalue weighted by atomic mass is 9.74. The summed E-state index contributed by atoms with van der Waals surface area (Å²) in [6.07, 6.45) is 4.01. The second kappa shape index (κ2) is 7.49. The molecule has 3 saturated heterocycles. The Bertz CT molecular complexity index is 534. The standard InChI is InChI=1S/C18H27N3OS/c1-3-13-12-21-9-8-14(13)10-16(21)11-19-18(23)20-15-4-6-17(22-2)7-5-15/h4-7,13-14,16H,3,8-12H2,1-2H3,(H2,19,20,23). The van der Waals surface area contributed by atoms with Gasteiger partial charge in [-0.3, -0.25) is 4.90 Å². The fraction of sp³-hybridized carbons (Fsp3) is 0.611. The molecule has 4 atom stereocenters. The van der Waals surface area contributed by atoms with Crippen molar-refractivity contribution in [2.45, 2.75) is 32.2 Å². The lowest BCUT2D eigenvalue weighted by Crippen LogP contribution is -2.56. The minimum atomic E-state index is 0.632. The van der Waals surface area contributed by atoms with Crippen LogP contribution in [0.4, 0.5) is 5.69 Å². The third kappa shape index (κ3) is 3.96. The summed E-state index contributed by atoms with van der Waals surface area (Å²) in [5.41, 5.74) is 0.986. The van der Waals surface area contributed by atoms with Crippen molar-refractivity contribution in [1.29, 1.82) is 0 Å². The lowest BCUT2D eigenvalue weighted by molar-refractivity contribution is 0.00212. The molecule has 0 spiro atoms. The maximum absolute atomic E-state index is 5.43. The van der Waals surface area contributed by atoms with Gasteiger partial charge in [-0.15, -0.1) is 0 Å². The predicted molar refractivity (Wildman–Crippen MR) is 99.1 cm³/mol. The maximum atomic E-state index is 5.43. The number of hydrogen-bond acceptors (Lipinski definition) is 3. The van der Waals surface area contributed by atoms with Crippen molar-refractivity contribution in [3.05, 3.63) is 24.3 Å². The van der Waals surface area contributed by atoms with Crippen LogP contribution in [0.1, 0.15) is 26.2 Å². The molecule has 3 heterocycles. The smallest absolute Gasteiger partial charge is 0.170 e. The van der Waals surface area contributed by atoms with Crippen molar-refractivity contribution in [3.8, 4) is 5.75 Å². The highest BCUT2D eigenvalue weighted by Crippen LogP contribution is 2.37. The number of methoxy groups -OCH3 is 1. The minimum Gasteiger partial charge on any atom is -0.497 e. The first-order valence-corrected chi connectivity index (χ1v) is 9.03. The van der Waals surface area contributed by atoms with Gasteiger partial charge in [0.15, 0.2) is 5.11 Å². The molecule has 5 heteroatoms. The number of benzene rings is 1. The van der Waals surface area contributed by atoms with Gasteiger partial charge >= 0.3 is 0 Å². The van der Waals surface area contributed by atoms with E-state index in [9.17, 15) is 0 Å². The highest BCUT2D eigenvalue weighted by atomic mass is 32.1. The van der Waals surface area contributed by atoms with Crippen molar-refractivity contribution >= 4 is 23.0 Å². The summed E-state index contributed by atoms with van der Waals surface area (Å²) in [5, 5.41) is 7.34. The summed E-state index contributed by atoms with van der Waals surface area (Å²) in [7, 11) is 1.67. The van der Waals surface area contributed by atoms with Crippen molar-refractivity contribution in [2.24, 2.45) is 11.8 Å². The number of fused-ring (bicyclic) bond motifs is 3. The fourth-order valence-electron chi connectivity index (χ4n) is 3.98. The van der Waals surface area contributed by atoms with Crippen LogP contribution in [0, 0.1) is 11.8 Å². The molecular weight excluding hydrogens is 306 g/mol. The van der Waals surface area contributed by atoms with Gasteiger partial charge in [0, 0.05) is 24.8 Å². The molecule has 1 aromatic carbocycles. The molecule has 3 aliphatic heterocycles. The minimum absolute atomic E-state index is 0.632. The second-order valence-corrected chi connectivity index (χ2v) is 7.07. The lowest BCUT2D eigenvalue weighted by Gasteiger charge is -2.50. The van der Waals surface area contributed by atoms with Crippen LogP contribution in [-0.4, -0.2) is 42.8 Å². The summed E-state index contributed by atoms with van der Waals surface area (Å²) in [4.78, 5) is 2.65. The Morgan fingerprint density at radius 1 is 1.35 bits per heavy atom. The zero-order valence-corrected chi connectivity index (χ0v) is 14.9. The van der Waals surface area contributed by atoms with Gasteiger partial charge in [0.2, 0.25) is 0 Å². The van der Waals surface area contributed by atoms with Crippen LogP contribution in [0.25, 0.3) is 0 Å². The maximum Gasteiger partial charge on any atom is 0.170 e. The average molecular weight is 334 g/mol. The van der Waals surface area contributed by atoms with Crippen LogP contribution < -0.4 is 15.4 Å².